The van der Waals surface area contributed by atoms with E-state index >= 15 is 0 Å². The highest BCUT2D eigenvalue weighted by Gasteiger charge is 2.07. The molecule has 0 aliphatic rings. The molecule has 4 heteroatoms. The summed E-state index contributed by atoms with van der Waals surface area (Å²) in [6.45, 7) is 8.07. The lowest BCUT2D eigenvalue weighted by Gasteiger charge is -2.08. The fourth-order valence-electron chi connectivity index (χ4n) is 1.47. The second-order valence-corrected chi connectivity index (χ2v) is 5.21. The van der Waals surface area contributed by atoms with E-state index in [0.717, 1.165) is 25.7 Å². The van der Waals surface area contributed by atoms with Crippen LogP contribution in [0.3, 0.4) is 0 Å². The van der Waals surface area contributed by atoms with Crippen LogP contribution in [0, 0.1) is 5.92 Å². The number of nitrogens with one attached hydrogen (secondary N) is 1. The summed E-state index contributed by atoms with van der Waals surface area (Å²) in [4.78, 5) is 22.5. The molecule has 0 rings (SSSR count). The van der Waals surface area contributed by atoms with Gasteiger partial charge in [-0.1, -0.05) is 26.7 Å². The molecule has 0 saturated heterocycles. The third-order valence-corrected chi connectivity index (χ3v) is 2.46. The van der Waals surface area contributed by atoms with Crippen molar-refractivity contribution in [2.45, 2.75) is 65.8 Å². The SMILES string of the molecule is CC(C)NC(=O)CCCCCCOC(=O)C(C)C. The van der Waals surface area contributed by atoms with Crippen molar-refractivity contribution in [1.82, 2.24) is 5.32 Å². The standard InChI is InChI=1S/C14H27NO3/c1-11(2)14(17)18-10-8-6-5-7-9-13(16)15-12(3)4/h11-12H,5-10H2,1-4H3,(H,15,16). The van der Waals surface area contributed by atoms with Crippen molar-refractivity contribution in [1.29, 1.82) is 0 Å². The molecule has 1 N–H and O–H groups in total. The summed E-state index contributed by atoms with van der Waals surface area (Å²) >= 11 is 0. The van der Waals surface area contributed by atoms with Crippen molar-refractivity contribution in [3.05, 3.63) is 0 Å². The lowest BCUT2D eigenvalue weighted by atomic mass is 10.1. The van der Waals surface area contributed by atoms with E-state index in [-0.39, 0.29) is 23.8 Å². The van der Waals surface area contributed by atoms with Crippen LogP contribution in [0.1, 0.15) is 59.8 Å². The van der Waals surface area contributed by atoms with Gasteiger partial charge in [-0.3, -0.25) is 9.59 Å². The lowest BCUT2D eigenvalue weighted by molar-refractivity contribution is -0.147. The minimum atomic E-state index is -0.133. The maximum atomic E-state index is 11.3. The molecule has 0 bridgehead atoms. The van der Waals surface area contributed by atoms with Crippen molar-refractivity contribution in [2.75, 3.05) is 6.61 Å². The molecule has 0 aromatic carbocycles. The summed E-state index contributed by atoms with van der Waals surface area (Å²) < 4.78 is 5.07. The van der Waals surface area contributed by atoms with Gasteiger partial charge in [0.2, 0.25) is 5.91 Å². The Balaban J connectivity index is 3.31. The molecule has 0 aliphatic heterocycles. The molecule has 0 fully saturated rings. The summed E-state index contributed by atoms with van der Waals surface area (Å²) in [6.07, 6.45) is 4.37. The number of unbranched alkanes of at least 4 members (excludes halogenated alkanes) is 3. The van der Waals surface area contributed by atoms with Gasteiger partial charge in [-0.05, 0) is 26.7 Å². The van der Waals surface area contributed by atoms with E-state index in [0.29, 0.717) is 13.0 Å². The fourth-order valence-corrected chi connectivity index (χ4v) is 1.47. The molecule has 4 nitrogen and oxygen atoms in total. The smallest absolute Gasteiger partial charge is 0.308 e. The average molecular weight is 257 g/mol. The van der Waals surface area contributed by atoms with E-state index in [1.165, 1.54) is 0 Å². The number of esters is 1. The average Bonchev–Trinajstić information content (AvgIpc) is 2.26. The van der Waals surface area contributed by atoms with Gasteiger partial charge < -0.3 is 10.1 Å². The number of hydrogen-bond donors (Lipinski definition) is 1. The Bertz CT molecular complexity index is 249. The number of rotatable bonds is 9. The zero-order chi connectivity index (χ0) is 14.0. The highest BCUT2D eigenvalue weighted by atomic mass is 16.5. The van der Waals surface area contributed by atoms with E-state index in [1.807, 2.05) is 27.7 Å². The molecule has 1 amide bonds. The van der Waals surface area contributed by atoms with Crippen molar-refractivity contribution < 1.29 is 14.3 Å². The minimum absolute atomic E-state index is 0.0512. The quantitative estimate of drug-likeness (QED) is 0.510. The van der Waals surface area contributed by atoms with E-state index in [4.69, 9.17) is 4.74 Å². The zero-order valence-electron chi connectivity index (χ0n) is 12.1. The van der Waals surface area contributed by atoms with Gasteiger partial charge in [0.05, 0.1) is 12.5 Å². The summed E-state index contributed by atoms with van der Waals surface area (Å²) in [5, 5.41) is 2.86. The monoisotopic (exact) mass is 257 g/mol. The number of carbonyl (C=O) groups is 2. The highest BCUT2D eigenvalue weighted by molar-refractivity contribution is 5.76. The molecule has 0 atom stereocenters. The molecule has 0 spiro atoms. The van der Waals surface area contributed by atoms with Crippen molar-refractivity contribution in [3.63, 3.8) is 0 Å². The van der Waals surface area contributed by atoms with Crippen LogP contribution in [0.4, 0.5) is 0 Å². The molecule has 0 aromatic heterocycles. The van der Waals surface area contributed by atoms with Crippen molar-refractivity contribution in [3.8, 4) is 0 Å². The van der Waals surface area contributed by atoms with Gasteiger partial charge in [-0.25, -0.2) is 0 Å². The predicted molar refractivity (Wildman–Crippen MR) is 72.2 cm³/mol. The van der Waals surface area contributed by atoms with Gasteiger partial charge in [-0.15, -0.1) is 0 Å². The van der Waals surface area contributed by atoms with Crippen LogP contribution in [0.2, 0.25) is 0 Å². The number of carbonyl (C=O) groups excluding carboxylic acids is 2. The van der Waals surface area contributed by atoms with Crippen LogP contribution < -0.4 is 5.32 Å². The Labute approximate surface area is 110 Å². The van der Waals surface area contributed by atoms with E-state index in [1.54, 1.807) is 0 Å². The van der Waals surface area contributed by atoms with Crippen molar-refractivity contribution in [2.24, 2.45) is 5.92 Å². The Kier molecular flexibility index (Phi) is 9.33. The molecule has 0 saturated carbocycles. The van der Waals surface area contributed by atoms with Gasteiger partial charge in [0.15, 0.2) is 0 Å². The molecule has 0 heterocycles. The molecule has 0 radical (unpaired) electrons. The molecular formula is C14H27NO3. The molecule has 0 unspecified atom stereocenters. The first-order chi connectivity index (χ1) is 8.43. The first-order valence-electron chi connectivity index (χ1n) is 6.89. The molecular weight excluding hydrogens is 230 g/mol. The summed E-state index contributed by atoms with van der Waals surface area (Å²) in [7, 11) is 0. The topological polar surface area (TPSA) is 55.4 Å². The molecule has 0 aliphatic carbocycles. The summed E-state index contributed by atoms with van der Waals surface area (Å²) in [5.74, 6) is -0.0627. The zero-order valence-corrected chi connectivity index (χ0v) is 12.1. The summed E-state index contributed by atoms with van der Waals surface area (Å²) in [6, 6.07) is 0.216. The van der Waals surface area contributed by atoms with Gasteiger partial charge >= 0.3 is 5.97 Å². The molecule has 106 valence electrons. The normalized spacial score (nSPS) is 10.8. The highest BCUT2D eigenvalue weighted by Crippen LogP contribution is 2.04. The van der Waals surface area contributed by atoms with Crippen LogP contribution in [-0.2, 0) is 14.3 Å². The fraction of sp³-hybridized carbons (Fsp3) is 0.857. The van der Waals surface area contributed by atoms with Crippen LogP contribution in [0.25, 0.3) is 0 Å². The lowest BCUT2D eigenvalue weighted by Crippen LogP contribution is -2.29. The van der Waals surface area contributed by atoms with Gasteiger partial charge in [0, 0.05) is 12.5 Å². The van der Waals surface area contributed by atoms with Crippen LogP contribution >= 0.6 is 0 Å². The second-order valence-electron chi connectivity index (χ2n) is 5.21. The van der Waals surface area contributed by atoms with Crippen LogP contribution in [0.15, 0.2) is 0 Å². The Hall–Kier alpha value is -1.06. The number of ether oxygens (including phenoxy) is 1. The van der Waals surface area contributed by atoms with Crippen molar-refractivity contribution >= 4 is 11.9 Å². The Morgan fingerprint density at radius 1 is 1.00 bits per heavy atom. The first-order valence-corrected chi connectivity index (χ1v) is 6.89. The summed E-state index contributed by atoms with van der Waals surface area (Å²) in [5.41, 5.74) is 0. The number of amides is 1. The van der Waals surface area contributed by atoms with Gasteiger partial charge in [0.25, 0.3) is 0 Å². The number of hydrogen-bond acceptors (Lipinski definition) is 3. The predicted octanol–water partition coefficient (Wildman–Crippen LogP) is 2.66. The maximum absolute atomic E-state index is 11.3. The third-order valence-electron chi connectivity index (χ3n) is 2.46. The minimum Gasteiger partial charge on any atom is -0.465 e. The van der Waals surface area contributed by atoms with E-state index < -0.39 is 0 Å². The molecule has 0 aromatic rings. The van der Waals surface area contributed by atoms with E-state index in [9.17, 15) is 9.59 Å². The Morgan fingerprint density at radius 3 is 2.17 bits per heavy atom. The van der Waals surface area contributed by atoms with Crippen LogP contribution in [0.5, 0.6) is 0 Å². The van der Waals surface area contributed by atoms with Gasteiger partial charge in [-0.2, -0.15) is 0 Å². The largest absolute Gasteiger partial charge is 0.465 e. The third kappa shape index (κ3) is 10.1. The van der Waals surface area contributed by atoms with Gasteiger partial charge in [0.1, 0.15) is 0 Å². The maximum Gasteiger partial charge on any atom is 0.308 e. The second kappa shape index (κ2) is 9.92. The van der Waals surface area contributed by atoms with E-state index in [2.05, 4.69) is 5.32 Å². The Morgan fingerprint density at radius 2 is 1.61 bits per heavy atom. The van der Waals surface area contributed by atoms with Crippen LogP contribution in [-0.4, -0.2) is 24.5 Å². The molecule has 18 heavy (non-hydrogen) atoms. The first kappa shape index (κ1) is 16.9.